The average molecular weight is 1400 g/mol. The second-order valence-corrected chi connectivity index (χ2v) is 42.5. The SMILES string of the molecule is CC(C)[Si](C#Cc1c(F)ccc2cc(O[Si](C(C)C)(C(C)C)C(C)C)cc(-c3ncc4c(N5CCC[C@@](C)(O)C5)nc(OC[C@@]56CCCN5[C@H](COC(=O)N5CCC(OC7CCN(c8ccc9c(c8)n(C)c(=O)n9C8CCC(=O)NC8=O)CC7)CC5)CC6)nc4c3F)c12)(C(C)C)C(C)C. The molecule has 1 unspecified atom stereocenters. The third-order valence-electron chi connectivity index (χ3n) is 23.6. The van der Waals surface area contributed by atoms with E-state index in [-0.39, 0.29) is 125 Å². The van der Waals surface area contributed by atoms with E-state index in [9.17, 15) is 24.3 Å². The molecule has 0 aliphatic carbocycles. The van der Waals surface area contributed by atoms with Gasteiger partial charge in [-0.1, -0.05) is 95.1 Å². The van der Waals surface area contributed by atoms with Crippen molar-refractivity contribution in [3.05, 3.63) is 76.3 Å². The van der Waals surface area contributed by atoms with Crippen LogP contribution in [-0.2, 0) is 26.1 Å². The van der Waals surface area contributed by atoms with Gasteiger partial charge >= 0.3 is 17.8 Å². The first kappa shape index (κ1) is 71.8. The van der Waals surface area contributed by atoms with Gasteiger partial charge in [-0.2, -0.15) is 9.97 Å². The van der Waals surface area contributed by atoms with Crippen LogP contribution in [0.4, 0.5) is 25.1 Å². The highest BCUT2D eigenvalue weighted by molar-refractivity contribution is 6.90. The lowest BCUT2D eigenvalue weighted by Crippen LogP contribution is -2.50. The summed E-state index contributed by atoms with van der Waals surface area (Å²) in [5.41, 5.74) is 6.51. The molecule has 6 aromatic rings. The number of anilines is 2. The Kier molecular flexibility index (Phi) is 20.6. The number of benzene rings is 3. The number of aromatic nitrogens is 5. The number of imidazole rings is 1. The Hall–Kier alpha value is -6.98. The average Bonchev–Trinajstić information content (AvgIpc) is 1.04. The van der Waals surface area contributed by atoms with Gasteiger partial charge in [0.1, 0.15) is 55.9 Å². The molecular weight excluding hydrogens is 1290 g/mol. The number of hydrogen-bond donors (Lipinski definition) is 2. The zero-order chi connectivity index (χ0) is 70.8. The summed E-state index contributed by atoms with van der Waals surface area (Å²) >= 11 is 0. The number of pyridine rings is 1. The molecule has 9 heterocycles. The number of amides is 3. The number of piperidine rings is 4. The molecule has 3 aromatic heterocycles. The van der Waals surface area contributed by atoms with Crippen molar-refractivity contribution in [2.45, 2.75) is 236 Å². The van der Waals surface area contributed by atoms with Crippen molar-refractivity contribution < 1.29 is 46.9 Å². The molecule has 3 amide bonds. The summed E-state index contributed by atoms with van der Waals surface area (Å²) in [6.45, 7) is 33.2. The summed E-state index contributed by atoms with van der Waals surface area (Å²) < 4.78 is 65.6. The van der Waals surface area contributed by atoms with E-state index in [0.29, 0.717) is 84.1 Å². The fraction of sp³-hybridized carbons (Fsp3) is 0.618. The summed E-state index contributed by atoms with van der Waals surface area (Å²) in [5, 5.41) is 15.4. The fourth-order valence-electron chi connectivity index (χ4n) is 18.6. The van der Waals surface area contributed by atoms with Gasteiger partial charge in [-0.3, -0.25) is 33.9 Å². The molecule has 6 fully saturated rings. The quantitative estimate of drug-likeness (QED) is 0.0441. The first-order chi connectivity index (χ1) is 47.1. The van der Waals surface area contributed by atoms with Crippen molar-refractivity contribution in [2.24, 2.45) is 7.05 Å². The molecule has 0 spiro atoms. The second kappa shape index (κ2) is 28.5. The predicted molar refractivity (Wildman–Crippen MR) is 390 cm³/mol. The van der Waals surface area contributed by atoms with E-state index in [2.05, 4.69) is 110 Å². The molecular formula is C76H104F2N10O9Si2. The van der Waals surface area contributed by atoms with Gasteiger partial charge in [0.15, 0.2) is 5.82 Å². The Morgan fingerprint density at radius 3 is 2.10 bits per heavy atom. The third-order valence-corrected chi connectivity index (χ3v) is 35.9. The molecule has 23 heteroatoms. The smallest absolute Gasteiger partial charge is 0.409 e. The Morgan fingerprint density at radius 1 is 0.768 bits per heavy atom. The van der Waals surface area contributed by atoms with Gasteiger partial charge in [0, 0.05) is 81.6 Å². The van der Waals surface area contributed by atoms with Crippen LogP contribution < -0.4 is 30.0 Å². The van der Waals surface area contributed by atoms with Gasteiger partial charge in [-0.05, 0) is 159 Å². The van der Waals surface area contributed by atoms with E-state index in [0.717, 1.165) is 69.4 Å². The van der Waals surface area contributed by atoms with Crippen molar-refractivity contribution in [2.75, 3.05) is 68.8 Å². The number of carbonyl (C=O) groups excluding carboxylic acids is 3. The number of β-amino-alcohol motifs (C(OH)–C–C–N with tert-alkyl or cyclic N) is 1. The molecule has 0 radical (unpaired) electrons. The van der Waals surface area contributed by atoms with E-state index < -0.39 is 51.1 Å². The number of nitrogens with zero attached hydrogens (tertiary/aromatic N) is 9. The summed E-state index contributed by atoms with van der Waals surface area (Å²) in [5.74, 6) is 2.44. The molecule has 2 N–H and O–H groups in total. The van der Waals surface area contributed by atoms with Crippen LogP contribution in [0.25, 0.3) is 44.0 Å². The van der Waals surface area contributed by atoms with Crippen molar-refractivity contribution in [1.29, 1.82) is 0 Å². The van der Waals surface area contributed by atoms with Gasteiger partial charge in [-0.25, -0.2) is 18.4 Å². The van der Waals surface area contributed by atoms with Crippen molar-refractivity contribution in [3.63, 3.8) is 0 Å². The standard InChI is InChI=1S/C76H104F2N10O9Si2/c1-46(2)98(47(3)4,48(5)6)38-28-58-61(77)19-17-52-39-57(97-99(49(7)8,50(9)10)51(11)12)41-59(66(52)58)68-67(78)69-60(42-79-68)70(86-32-15-29-75(13,93)44-86)82-72(81-69)95-45-76-30-16-33-87(76)54(23-31-76)43-94-74(92)85-36-26-56(27-37-85)96-55-24-34-84(35-25-55)53-18-20-62-64(40-53)83(14)73(91)88(62)63-21-22-65(89)80-71(63)90/h17-20,39-42,46-51,54-56,63,93H,15-16,21-27,29-37,43-45H2,1-14H3,(H,80,89,90)/t54-,63?,75+,76-/m0/s1. The summed E-state index contributed by atoms with van der Waals surface area (Å²) in [6, 6.07) is 12.1. The first-order valence-corrected chi connectivity index (χ1v) is 41.0. The lowest BCUT2D eigenvalue weighted by atomic mass is 9.94. The first-order valence-electron chi connectivity index (χ1n) is 36.6. The van der Waals surface area contributed by atoms with Crippen LogP contribution >= 0.6 is 0 Å². The maximum atomic E-state index is 18.6. The molecule has 6 aliphatic heterocycles. The van der Waals surface area contributed by atoms with Crippen LogP contribution in [0.1, 0.15) is 179 Å². The number of nitrogens with one attached hydrogen (secondary N) is 1. The molecule has 99 heavy (non-hydrogen) atoms. The number of halogens is 2. The zero-order valence-corrected chi connectivity index (χ0v) is 62.7. The Bertz CT molecular complexity index is 4120. The highest BCUT2D eigenvalue weighted by Gasteiger charge is 2.51. The monoisotopic (exact) mass is 1390 g/mol. The van der Waals surface area contributed by atoms with Crippen molar-refractivity contribution >= 4 is 78.5 Å². The molecule has 19 nitrogen and oxygen atoms in total. The number of likely N-dealkylation sites (tertiary alicyclic amines) is 1. The lowest BCUT2D eigenvalue weighted by Gasteiger charge is -2.42. The van der Waals surface area contributed by atoms with E-state index >= 15 is 8.78 Å². The number of carbonyl (C=O) groups is 3. The molecule has 4 atom stereocenters. The molecule has 12 rings (SSSR count). The van der Waals surface area contributed by atoms with Gasteiger partial charge < -0.3 is 38.4 Å². The number of aryl methyl sites for hydroxylation is 1. The second-order valence-electron chi connectivity index (χ2n) is 31.5. The number of fused-ring (bicyclic) bond motifs is 4. The largest absolute Gasteiger partial charge is 0.543 e. The normalized spacial score (nSPS) is 22.5. The van der Waals surface area contributed by atoms with E-state index in [1.807, 2.05) is 35.2 Å². The fourth-order valence-corrected chi connectivity index (χ4v) is 29.0. The molecule has 6 saturated heterocycles. The van der Waals surface area contributed by atoms with E-state index in [1.165, 1.54) is 10.6 Å². The van der Waals surface area contributed by atoms with Crippen molar-refractivity contribution in [3.8, 4) is 34.5 Å². The Labute approximate surface area is 584 Å². The van der Waals surface area contributed by atoms with Gasteiger partial charge in [0.25, 0.3) is 8.32 Å². The highest BCUT2D eigenvalue weighted by Crippen LogP contribution is 2.48. The Morgan fingerprint density at radius 2 is 1.44 bits per heavy atom. The molecule has 534 valence electrons. The van der Waals surface area contributed by atoms with Crippen LogP contribution in [0.2, 0.25) is 33.2 Å². The summed E-state index contributed by atoms with van der Waals surface area (Å²) in [4.78, 5) is 75.3. The molecule has 0 saturated carbocycles. The van der Waals surface area contributed by atoms with E-state index in [4.69, 9.17) is 33.6 Å². The maximum absolute atomic E-state index is 18.6. The predicted octanol–water partition coefficient (Wildman–Crippen LogP) is 13.9. The van der Waals surface area contributed by atoms with Crippen LogP contribution in [0.5, 0.6) is 11.8 Å². The minimum atomic E-state index is -2.58. The Balaban J connectivity index is 0.746. The minimum Gasteiger partial charge on any atom is -0.543 e. The molecule has 6 aliphatic rings. The number of aliphatic hydroxyl groups is 1. The number of ether oxygens (including phenoxy) is 3. The topological polar surface area (TPSA) is 199 Å². The zero-order valence-electron chi connectivity index (χ0n) is 60.7. The third kappa shape index (κ3) is 13.6. The number of imide groups is 1. The van der Waals surface area contributed by atoms with Crippen LogP contribution in [-0.4, -0.2) is 162 Å². The number of hydrogen-bond acceptors (Lipinski definition) is 15. The highest BCUT2D eigenvalue weighted by atomic mass is 28.4. The van der Waals surface area contributed by atoms with E-state index in [1.54, 1.807) is 35.7 Å². The summed E-state index contributed by atoms with van der Waals surface area (Å²) in [6.07, 6.45) is 9.56. The van der Waals surface area contributed by atoms with Crippen molar-refractivity contribution in [1.82, 2.24) is 39.2 Å². The van der Waals surface area contributed by atoms with Crippen LogP contribution in [0.15, 0.2) is 53.5 Å². The minimum absolute atomic E-state index is 0.00295. The summed E-state index contributed by atoms with van der Waals surface area (Å²) in [7, 11) is -3.26. The molecule has 3 aromatic carbocycles. The van der Waals surface area contributed by atoms with Crippen LogP contribution in [0, 0.1) is 23.1 Å². The maximum Gasteiger partial charge on any atom is 0.409 e. The van der Waals surface area contributed by atoms with Gasteiger partial charge in [0.2, 0.25) is 11.8 Å². The molecule has 0 bridgehead atoms. The van der Waals surface area contributed by atoms with Gasteiger partial charge in [-0.15, -0.1) is 5.54 Å². The van der Waals surface area contributed by atoms with Crippen LogP contribution in [0.3, 0.4) is 0 Å². The van der Waals surface area contributed by atoms with Gasteiger partial charge in [0.05, 0.1) is 45.3 Å². The number of rotatable bonds is 19. The lowest BCUT2D eigenvalue weighted by molar-refractivity contribution is -0.135.